The van der Waals surface area contributed by atoms with Gasteiger partial charge < -0.3 is 4.74 Å². The van der Waals surface area contributed by atoms with Crippen LogP contribution in [0.15, 0.2) is 0 Å². The van der Waals surface area contributed by atoms with Crippen molar-refractivity contribution in [2.45, 2.75) is 45.1 Å². The van der Waals surface area contributed by atoms with Gasteiger partial charge in [-0.3, -0.25) is 9.59 Å². The van der Waals surface area contributed by atoms with Gasteiger partial charge in [0.05, 0.1) is 0 Å². The molecule has 15 heavy (non-hydrogen) atoms. The van der Waals surface area contributed by atoms with E-state index >= 15 is 0 Å². The highest BCUT2D eigenvalue weighted by molar-refractivity contribution is 5.91. The molecule has 0 aromatic heterocycles. The first-order valence-corrected chi connectivity index (χ1v) is 5.85. The van der Waals surface area contributed by atoms with Crippen molar-refractivity contribution in [1.29, 1.82) is 0 Å². The smallest absolute Gasteiger partial charge is 0.165 e. The zero-order chi connectivity index (χ0) is 10.8. The molecule has 1 saturated carbocycles. The van der Waals surface area contributed by atoms with Gasteiger partial charge in [0.1, 0.15) is 11.9 Å². The van der Waals surface area contributed by atoms with Gasteiger partial charge in [0.2, 0.25) is 0 Å². The zero-order valence-electron chi connectivity index (χ0n) is 9.20. The summed E-state index contributed by atoms with van der Waals surface area (Å²) < 4.78 is 5.39. The summed E-state index contributed by atoms with van der Waals surface area (Å²) in [6.45, 7) is 2.77. The van der Waals surface area contributed by atoms with E-state index in [0.717, 1.165) is 19.3 Å². The molecule has 1 heterocycles. The van der Waals surface area contributed by atoms with Gasteiger partial charge in [0.25, 0.3) is 0 Å². The molecule has 2 aliphatic rings. The van der Waals surface area contributed by atoms with Crippen molar-refractivity contribution < 1.29 is 14.3 Å². The maximum atomic E-state index is 12.1. The Bertz CT molecular complexity index is 266. The fourth-order valence-electron chi connectivity index (χ4n) is 2.56. The molecule has 0 aromatic carbocycles. The lowest BCUT2D eigenvalue weighted by atomic mass is 9.76. The second kappa shape index (κ2) is 4.44. The summed E-state index contributed by atoms with van der Waals surface area (Å²) >= 11 is 0. The summed E-state index contributed by atoms with van der Waals surface area (Å²) in [6, 6.07) is 0. The van der Waals surface area contributed by atoms with Crippen LogP contribution in [0.25, 0.3) is 0 Å². The SMILES string of the molecule is CC1CCC(=O)CC1C(=O)C1CCCO1. The van der Waals surface area contributed by atoms with Gasteiger partial charge in [-0.25, -0.2) is 0 Å². The topological polar surface area (TPSA) is 43.4 Å². The Morgan fingerprint density at radius 2 is 2.20 bits per heavy atom. The number of hydrogen-bond acceptors (Lipinski definition) is 3. The van der Waals surface area contributed by atoms with Crippen LogP contribution in [0.4, 0.5) is 0 Å². The van der Waals surface area contributed by atoms with Crippen LogP contribution >= 0.6 is 0 Å². The molecule has 3 atom stereocenters. The third kappa shape index (κ3) is 2.28. The average Bonchev–Trinajstić information content (AvgIpc) is 2.74. The summed E-state index contributed by atoms with van der Waals surface area (Å²) in [5, 5.41) is 0. The van der Waals surface area contributed by atoms with Crippen LogP contribution in [0.1, 0.15) is 39.0 Å². The summed E-state index contributed by atoms with van der Waals surface area (Å²) in [6.07, 6.45) is 3.56. The predicted molar refractivity (Wildman–Crippen MR) is 55.5 cm³/mol. The van der Waals surface area contributed by atoms with Crippen LogP contribution < -0.4 is 0 Å². The fraction of sp³-hybridized carbons (Fsp3) is 0.833. The quantitative estimate of drug-likeness (QED) is 0.697. The molecular formula is C12H18O3. The van der Waals surface area contributed by atoms with Gasteiger partial charge in [0, 0.05) is 25.4 Å². The minimum atomic E-state index is -0.219. The van der Waals surface area contributed by atoms with Crippen LogP contribution in [0.3, 0.4) is 0 Å². The fourth-order valence-corrected chi connectivity index (χ4v) is 2.56. The summed E-state index contributed by atoms with van der Waals surface area (Å²) in [5.41, 5.74) is 0. The molecular weight excluding hydrogens is 192 g/mol. The van der Waals surface area contributed by atoms with Gasteiger partial charge in [-0.2, -0.15) is 0 Å². The average molecular weight is 210 g/mol. The summed E-state index contributed by atoms with van der Waals surface area (Å²) in [5.74, 6) is 0.686. The second-order valence-corrected chi connectivity index (χ2v) is 4.77. The van der Waals surface area contributed by atoms with Crippen LogP contribution in [0.2, 0.25) is 0 Å². The zero-order valence-corrected chi connectivity index (χ0v) is 9.20. The van der Waals surface area contributed by atoms with Crippen molar-refractivity contribution in [1.82, 2.24) is 0 Å². The van der Waals surface area contributed by atoms with E-state index in [1.807, 2.05) is 0 Å². The first kappa shape index (κ1) is 10.8. The lowest BCUT2D eigenvalue weighted by Gasteiger charge is -2.28. The minimum Gasteiger partial charge on any atom is -0.370 e. The summed E-state index contributed by atoms with van der Waals surface area (Å²) in [4.78, 5) is 23.4. The molecule has 2 rings (SSSR count). The lowest BCUT2D eigenvalue weighted by molar-refractivity contribution is -0.138. The predicted octanol–water partition coefficient (Wildman–Crippen LogP) is 1.74. The standard InChI is InChI=1S/C12H18O3/c1-8-4-5-9(13)7-10(8)12(14)11-3-2-6-15-11/h8,10-11H,2-7H2,1H3. The highest BCUT2D eigenvalue weighted by Crippen LogP contribution is 2.31. The van der Waals surface area contributed by atoms with Gasteiger partial charge >= 0.3 is 0 Å². The van der Waals surface area contributed by atoms with E-state index in [1.54, 1.807) is 0 Å². The number of carbonyl (C=O) groups excluding carboxylic acids is 2. The van der Waals surface area contributed by atoms with Crippen molar-refractivity contribution in [2.75, 3.05) is 6.61 Å². The maximum Gasteiger partial charge on any atom is 0.165 e. The number of ether oxygens (including phenoxy) is 1. The highest BCUT2D eigenvalue weighted by atomic mass is 16.5. The molecule has 1 saturated heterocycles. The number of hydrogen-bond donors (Lipinski definition) is 0. The van der Waals surface area contributed by atoms with E-state index in [-0.39, 0.29) is 23.6 Å². The number of rotatable bonds is 2. The first-order chi connectivity index (χ1) is 7.18. The van der Waals surface area contributed by atoms with E-state index in [0.29, 0.717) is 25.4 Å². The Morgan fingerprint density at radius 1 is 1.40 bits per heavy atom. The molecule has 0 bridgehead atoms. The minimum absolute atomic E-state index is 0.0747. The normalized spacial score (nSPS) is 36.9. The van der Waals surface area contributed by atoms with Crippen LogP contribution in [0.5, 0.6) is 0 Å². The van der Waals surface area contributed by atoms with Crippen molar-refractivity contribution in [2.24, 2.45) is 11.8 Å². The molecule has 1 aliphatic carbocycles. The molecule has 3 heteroatoms. The van der Waals surface area contributed by atoms with Crippen LogP contribution in [-0.2, 0) is 14.3 Å². The van der Waals surface area contributed by atoms with Crippen molar-refractivity contribution in [3.05, 3.63) is 0 Å². The number of carbonyl (C=O) groups is 2. The third-order valence-corrected chi connectivity index (χ3v) is 3.63. The Labute approximate surface area is 90.2 Å². The van der Waals surface area contributed by atoms with E-state index in [2.05, 4.69) is 6.92 Å². The Kier molecular flexibility index (Phi) is 3.19. The first-order valence-electron chi connectivity index (χ1n) is 5.85. The molecule has 0 N–H and O–H groups in total. The van der Waals surface area contributed by atoms with Crippen molar-refractivity contribution in [3.8, 4) is 0 Å². The highest BCUT2D eigenvalue weighted by Gasteiger charge is 2.36. The second-order valence-electron chi connectivity index (χ2n) is 4.77. The van der Waals surface area contributed by atoms with Gasteiger partial charge in [-0.05, 0) is 25.2 Å². The van der Waals surface area contributed by atoms with E-state index < -0.39 is 0 Å². The summed E-state index contributed by atoms with van der Waals surface area (Å²) in [7, 11) is 0. The molecule has 0 radical (unpaired) electrons. The molecule has 3 nitrogen and oxygen atoms in total. The molecule has 0 aromatic rings. The van der Waals surface area contributed by atoms with Gasteiger partial charge in [0.15, 0.2) is 5.78 Å². The Morgan fingerprint density at radius 3 is 2.87 bits per heavy atom. The molecule has 0 amide bonds. The van der Waals surface area contributed by atoms with Gasteiger partial charge in [-0.15, -0.1) is 0 Å². The monoisotopic (exact) mass is 210 g/mol. The van der Waals surface area contributed by atoms with Crippen LogP contribution in [-0.4, -0.2) is 24.3 Å². The number of Topliss-reactive ketones (excluding diaryl/α,β-unsaturated/α-hetero) is 2. The maximum absolute atomic E-state index is 12.1. The largest absolute Gasteiger partial charge is 0.370 e. The van der Waals surface area contributed by atoms with E-state index in [4.69, 9.17) is 4.74 Å². The Hall–Kier alpha value is -0.700. The van der Waals surface area contributed by atoms with E-state index in [9.17, 15) is 9.59 Å². The molecule has 84 valence electrons. The van der Waals surface area contributed by atoms with Crippen molar-refractivity contribution >= 4 is 11.6 Å². The van der Waals surface area contributed by atoms with Gasteiger partial charge in [-0.1, -0.05) is 6.92 Å². The third-order valence-electron chi connectivity index (χ3n) is 3.63. The lowest BCUT2D eigenvalue weighted by Crippen LogP contribution is -2.36. The van der Waals surface area contributed by atoms with Crippen molar-refractivity contribution in [3.63, 3.8) is 0 Å². The molecule has 3 unspecified atom stereocenters. The number of ketones is 2. The molecule has 1 aliphatic heterocycles. The molecule has 0 spiro atoms. The van der Waals surface area contributed by atoms with E-state index in [1.165, 1.54) is 0 Å². The van der Waals surface area contributed by atoms with Crippen LogP contribution in [0, 0.1) is 11.8 Å². The Balaban J connectivity index is 2.00. The molecule has 2 fully saturated rings.